The molecule has 0 amide bonds. The summed E-state index contributed by atoms with van der Waals surface area (Å²) in [5, 5.41) is 0. The standard InChI is InChI=1S/C23H34O2S2/c1-15(24)25-17-6-9-21(2)16(14-17)4-5-18-19(21)7-10-22(3)20(18)8-11-23(22)26-12-13-27-23/h4,17-20H,5-14H2,1-3H3/t17-,18+,19-,20-,21-,22-/m0/s1. The molecule has 1 heterocycles. The Hall–Kier alpha value is -0.0900. The minimum Gasteiger partial charge on any atom is -0.462 e. The fourth-order valence-corrected chi connectivity index (χ4v) is 11.7. The number of carbonyl (C=O) groups excluding carboxylic acids is 1. The van der Waals surface area contributed by atoms with Crippen LogP contribution in [0.3, 0.4) is 0 Å². The van der Waals surface area contributed by atoms with Crippen molar-refractivity contribution in [2.24, 2.45) is 28.6 Å². The zero-order valence-electron chi connectivity index (χ0n) is 17.1. The van der Waals surface area contributed by atoms with Crippen molar-refractivity contribution >= 4 is 29.5 Å². The summed E-state index contributed by atoms with van der Waals surface area (Å²) in [6.45, 7) is 6.76. The summed E-state index contributed by atoms with van der Waals surface area (Å²) >= 11 is 4.61. The summed E-state index contributed by atoms with van der Waals surface area (Å²) in [7, 11) is 0. The number of hydrogen-bond acceptors (Lipinski definition) is 4. The maximum Gasteiger partial charge on any atom is 0.302 e. The molecule has 4 fully saturated rings. The summed E-state index contributed by atoms with van der Waals surface area (Å²) in [5.74, 6) is 5.24. The number of thioether (sulfide) groups is 2. The molecular weight excluding hydrogens is 372 g/mol. The second kappa shape index (κ2) is 6.45. The molecule has 3 saturated carbocycles. The fourth-order valence-electron chi connectivity index (χ4n) is 7.85. The van der Waals surface area contributed by atoms with Crippen molar-refractivity contribution in [2.75, 3.05) is 11.5 Å². The largest absolute Gasteiger partial charge is 0.462 e. The smallest absolute Gasteiger partial charge is 0.302 e. The zero-order chi connectivity index (χ0) is 18.9. The summed E-state index contributed by atoms with van der Waals surface area (Å²) in [6.07, 6.45) is 12.9. The van der Waals surface area contributed by atoms with E-state index in [-0.39, 0.29) is 12.1 Å². The third-order valence-corrected chi connectivity index (χ3v) is 13.2. The Labute approximate surface area is 173 Å². The number of allylic oxidation sites excluding steroid dienone is 1. The lowest BCUT2D eigenvalue weighted by molar-refractivity contribution is -0.148. The summed E-state index contributed by atoms with van der Waals surface area (Å²) < 4.78 is 6.11. The van der Waals surface area contributed by atoms with Gasteiger partial charge in [-0.2, -0.15) is 0 Å². The molecule has 6 atom stereocenters. The van der Waals surface area contributed by atoms with E-state index >= 15 is 0 Å². The van der Waals surface area contributed by atoms with Gasteiger partial charge in [0.1, 0.15) is 6.10 Å². The number of carbonyl (C=O) groups is 1. The second-order valence-electron chi connectivity index (χ2n) is 10.2. The molecular formula is C23H34O2S2. The Bertz CT molecular complexity index is 667. The van der Waals surface area contributed by atoms with E-state index < -0.39 is 0 Å². The first-order chi connectivity index (χ1) is 12.9. The van der Waals surface area contributed by atoms with Gasteiger partial charge in [0.2, 0.25) is 0 Å². The molecule has 150 valence electrons. The van der Waals surface area contributed by atoms with Crippen LogP contribution in [0.1, 0.15) is 72.1 Å². The molecule has 4 heteroatoms. The number of esters is 1. The molecule has 0 bridgehead atoms. The predicted octanol–water partition coefficient (Wildman–Crippen LogP) is 6.06. The number of hydrogen-bond donors (Lipinski definition) is 0. The maximum absolute atomic E-state index is 11.4. The van der Waals surface area contributed by atoms with Gasteiger partial charge in [0.05, 0.1) is 4.08 Å². The molecule has 0 unspecified atom stereocenters. The van der Waals surface area contributed by atoms with Gasteiger partial charge in [0.25, 0.3) is 0 Å². The first-order valence-corrected chi connectivity index (χ1v) is 13.0. The molecule has 4 aliphatic carbocycles. The zero-order valence-corrected chi connectivity index (χ0v) is 18.7. The van der Waals surface area contributed by atoms with Gasteiger partial charge in [-0.05, 0) is 73.5 Å². The SMILES string of the molecule is CC(=O)O[C@H]1CC[C@@]2(C)C(=CC[C@@H]3[C@@H]2CC[C@@]2(C)[C@H]3CCC23SCCS3)C1. The van der Waals surface area contributed by atoms with Crippen molar-refractivity contribution < 1.29 is 9.53 Å². The van der Waals surface area contributed by atoms with Crippen LogP contribution in [0.15, 0.2) is 11.6 Å². The lowest BCUT2D eigenvalue weighted by Gasteiger charge is -2.59. The van der Waals surface area contributed by atoms with Gasteiger partial charge in [-0.3, -0.25) is 4.79 Å². The molecule has 1 aliphatic heterocycles. The minimum absolute atomic E-state index is 0.117. The van der Waals surface area contributed by atoms with Gasteiger partial charge >= 0.3 is 5.97 Å². The van der Waals surface area contributed by atoms with Gasteiger partial charge in [-0.25, -0.2) is 0 Å². The molecule has 0 N–H and O–H groups in total. The second-order valence-corrected chi connectivity index (χ2v) is 13.2. The molecule has 0 radical (unpaired) electrons. The van der Waals surface area contributed by atoms with Crippen LogP contribution in [0.2, 0.25) is 0 Å². The van der Waals surface area contributed by atoms with E-state index in [4.69, 9.17) is 4.74 Å². The highest BCUT2D eigenvalue weighted by molar-refractivity contribution is 8.21. The van der Waals surface area contributed by atoms with Crippen molar-refractivity contribution in [3.05, 3.63) is 11.6 Å². The predicted molar refractivity (Wildman–Crippen MR) is 115 cm³/mol. The normalized spacial score (nSPS) is 47.7. The van der Waals surface area contributed by atoms with Gasteiger partial charge in [0, 0.05) is 24.9 Å². The van der Waals surface area contributed by atoms with Crippen LogP contribution >= 0.6 is 23.5 Å². The van der Waals surface area contributed by atoms with Crippen molar-refractivity contribution in [1.82, 2.24) is 0 Å². The molecule has 27 heavy (non-hydrogen) atoms. The molecule has 1 saturated heterocycles. The van der Waals surface area contributed by atoms with Crippen LogP contribution in [0.5, 0.6) is 0 Å². The van der Waals surface area contributed by atoms with Crippen molar-refractivity contribution in [1.29, 1.82) is 0 Å². The Morgan fingerprint density at radius 3 is 2.56 bits per heavy atom. The molecule has 1 spiro atoms. The van der Waals surface area contributed by atoms with Gasteiger partial charge in [0.15, 0.2) is 0 Å². The van der Waals surface area contributed by atoms with Gasteiger partial charge in [-0.1, -0.05) is 25.5 Å². The van der Waals surface area contributed by atoms with Crippen molar-refractivity contribution in [2.45, 2.75) is 82.3 Å². The van der Waals surface area contributed by atoms with Crippen molar-refractivity contribution in [3.8, 4) is 0 Å². The van der Waals surface area contributed by atoms with E-state index in [9.17, 15) is 4.79 Å². The Balaban J connectivity index is 1.41. The third kappa shape index (κ3) is 2.64. The van der Waals surface area contributed by atoms with E-state index in [2.05, 4.69) is 43.4 Å². The summed E-state index contributed by atoms with van der Waals surface area (Å²) in [4.78, 5) is 11.4. The average molecular weight is 407 g/mol. The first-order valence-electron chi connectivity index (χ1n) is 11.0. The van der Waals surface area contributed by atoms with Gasteiger partial charge < -0.3 is 4.74 Å². The molecule has 2 nitrogen and oxygen atoms in total. The monoisotopic (exact) mass is 406 g/mol. The van der Waals surface area contributed by atoms with E-state index in [0.29, 0.717) is 14.9 Å². The van der Waals surface area contributed by atoms with E-state index in [1.807, 2.05) is 0 Å². The van der Waals surface area contributed by atoms with Crippen LogP contribution in [0.4, 0.5) is 0 Å². The quantitative estimate of drug-likeness (QED) is 0.391. The molecule has 0 aromatic heterocycles. The van der Waals surface area contributed by atoms with Crippen LogP contribution in [-0.2, 0) is 9.53 Å². The van der Waals surface area contributed by atoms with E-state index in [1.54, 1.807) is 12.5 Å². The Morgan fingerprint density at radius 1 is 1.07 bits per heavy atom. The molecule has 0 aromatic carbocycles. The number of ether oxygens (including phenoxy) is 1. The topological polar surface area (TPSA) is 26.3 Å². The van der Waals surface area contributed by atoms with Crippen LogP contribution in [0, 0.1) is 28.6 Å². The summed E-state index contributed by atoms with van der Waals surface area (Å²) in [6, 6.07) is 0. The molecule has 0 aromatic rings. The lowest BCUT2D eigenvalue weighted by atomic mass is 9.48. The Morgan fingerprint density at radius 2 is 1.81 bits per heavy atom. The van der Waals surface area contributed by atoms with E-state index in [0.717, 1.165) is 30.6 Å². The molecule has 5 aliphatic rings. The summed E-state index contributed by atoms with van der Waals surface area (Å²) in [5.41, 5.74) is 2.51. The average Bonchev–Trinajstić information content (AvgIpc) is 3.21. The fraction of sp³-hybridized carbons (Fsp3) is 0.870. The maximum atomic E-state index is 11.4. The first kappa shape index (κ1) is 18.9. The Kier molecular flexibility index (Phi) is 4.52. The van der Waals surface area contributed by atoms with E-state index in [1.165, 1.54) is 50.0 Å². The minimum atomic E-state index is -0.117. The highest BCUT2D eigenvalue weighted by Gasteiger charge is 2.65. The third-order valence-electron chi connectivity index (χ3n) is 9.19. The van der Waals surface area contributed by atoms with Crippen LogP contribution in [0.25, 0.3) is 0 Å². The lowest BCUT2D eigenvalue weighted by Crippen LogP contribution is -2.52. The number of fused-ring (bicyclic) bond motifs is 6. The van der Waals surface area contributed by atoms with Crippen molar-refractivity contribution in [3.63, 3.8) is 0 Å². The van der Waals surface area contributed by atoms with Gasteiger partial charge in [-0.15, -0.1) is 23.5 Å². The van der Waals surface area contributed by atoms with Crippen LogP contribution in [-0.4, -0.2) is 27.7 Å². The highest BCUT2D eigenvalue weighted by atomic mass is 32.2. The van der Waals surface area contributed by atoms with Crippen LogP contribution < -0.4 is 0 Å². The molecule has 5 rings (SSSR count). The highest BCUT2D eigenvalue weighted by Crippen LogP contribution is 2.73. The number of rotatable bonds is 1.